The van der Waals surface area contributed by atoms with E-state index in [2.05, 4.69) is 0 Å². The predicted molar refractivity (Wildman–Crippen MR) is 79.2 cm³/mol. The lowest BCUT2D eigenvalue weighted by Crippen LogP contribution is -2.03. The lowest BCUT2D eigenvalue weighted by molar-refractivity contribution is 0.416. The minimum Gasteiger partial charge on any atom is -0.496 e. The van der Waals surface area contributed by atoms with Gasteiger partial charge in [-0.1, -0.05) is 29.8 Å². The number of para-hydroxylation sites is 1. The highest BCUT2D eigenvalue weighted by atomic mass is 16.5. The van der Waals surface area contributed by atoms with E-state index in [0.29, 0.717) is 16.9 Å². The van der Waals surface area contributed by atoms with Crippen molar-refractivity contribution in [2.45, 2.75) is 6.92 Å². The highest BCUT2D eigenvalue weighted by molar-refractivity contribution is 5.83. The van der Waals surface area contributed by atoms with Gasteiger partial charge in [-0.3, -0.25) is 0 Å². The Hall–Kier alpha value is -2.55. The molecule has 0 unspecified atom stereocenters. The van der Waals surface area contributed by atoms with E-state index in [-0.39, 0.29) is 5.63 Å². The molecule has 0 saturated heterocycles. The Labute approximate surface area is 116 Å². The molecule has 0 bridgehead atoms. The monoisotopic (exact) mass is 266 g/mol. The van der Waals surface area contributed by atoms with E-state index in [1.54, 1.807) is 7.11 Å². The van der Waals surface area contributed by atoms with Gasteiger partial charge in [0.15, 0.2) is 0 Å². The fourth-order valence-corrected chi connectivity index (χ4v) is 2.30. The van der Waals surface area contributed by atoms with Crippen LogP contribution in [-0.2, 0) is 0 Å². The summed E-state index contributed by atoms with van der Waals surface area (Å²) in [5.74, 6) is 0.659. The molecule has 2 aromatic carbocycles. The smallest absolute Gasteiger partial charge is 0.344 e. The molecule has 0 aliphatic rings. The van der Waals surface area contributed by atoms with Crippen molar-refractivity contribution in [1.29, 1.82) is 0 Å². The normalized spacial score (nSPS) is 10.7. The van der Waals surface area contributed by atoms with Crippen molar-refractivity contribution in [2.24, 2.45) is 0 Å². The van der Waals surface area contributed by atoms with E-state index in [1.807, 2.05) is 55.5 Å². The van der Waals surface area contributed by atoms with Gasteiger partial charge in [0.1, 0.15) is 11.3 Å². The van der Waals surface area contributed by atoms with Crippen LogP contribution in [0, 0.1) is 6.92 Å². The number of fused-ring (bicyclic) bond motifs is 1. The summed E-state index contributed by atoms with van der Waals surface area (Å²) in [6.07, 6.45) is 0. The molecule has 0 amide bonds. The summed E-state index contributed by atoms with van der Waals surface area (Å²) >= 11 is 0. The van der Waals surface area contributed by atoms with E-state index >= 15 is 0 Å². The third kappa shape index (κ3) is 2.07. The van der Waals surface area contributed by atoms with E-state index in [9.17, 15) is 4.79 Å². The van der Waals surface area contributed by atoms with Crippen LogP contribution < -0.4 is 10.4 Å². The highest BCUT2D eigenvalue weighted by Crippen LogP contribution is 2.29. The van der Waals surface area contributed by atoms with Gasteiger partial charge in [-0.25, -0.2) is 4.79 Å². The lowest BCUT2D eigenvalue weighted by atomic mass is 10.0. The Balaban J connectivity index is 2.30. The van der Waals surface area contributed by atoms with Gasteiger partial charge >= 0.3 is 5.63 Å². The SMILES string of the molecule is COc1ccccc1-c1cc2cc(C)ccc2oc1=O. The number of hydrogen-bond donors (Lipinski definition) is 0. The first-order valence-electron chi connectivity index (χ1n) is 6.37. The van der Waals surface area contributed by atoms with Crippen LogP contribution in [-0.4, -0.2) is 7.11 Å². The van der Waals surface area contributed by atoms with E-state index < -0.39 is 0 Å². The molecular weight excluding hydrogens is 252 g/mol. The second kappa shape index (κ2) is 4.85. The van der Waals surface area contributed by atoms with Crippen LogP contribution in [0.15, 0.2) is 57.7 Å². The minimum absolute atomic E-state index is 0.356. The first-order chi connectivity index (χ1) is 9.69. The van der Waals surface area contributed by atoms with Gasteiger partial charge in [-0.15, -0.1) is 0 Å². The third-order valence-corrected chi connectivity index (χ3v) is 3.28. The van der Waals surface area contributed by atoms with Gasteiger partial charge < -0.3 is 9.15 Å². The molecule has 3 aromatic rings. The fraction of sp³-hybridized carbons (Fsp3) is 0.118. The summed E-state index contributed by atoms with van der Waals surface area (Å²) in [6, 6.07) is 15.0. The maximum atomic E-state index is 12.2. The van der Waals surface area contributed by atoms with E-state index in [4.69, 9.17) is 9.15 Å². The summed E-state index contributed by atoms with van der Waals surface area (Å²) in [5, 5.41) is 0.908. The van der Waals surface area contributed by atoms with Gasteiger partial charge in [-0.2, -0.15) is 0 Å². The second-order valence-electron chi connectivity index (χ2n) is 4.69. The Morgan fingerprint density at radius 1 is 1.00 bits per heavy atom. The topological polar surface area (TPSA) is 39.4 Å². The lowest BCUT2D eigenvalue weighted by Gasteiger charge is -2.08. The molecule has 3 nitrogen and oxygen atoms in total. The van der Waals surface area contributed by atoms with Gasteiger partial charge in [-0.05, 0) is 31.2 Å². The van der Waals surface area contributed by atoms with Gasteiger partial charge in [0.2, 0.25) is 0 Å². The predicted octanol–water partition coefficient (Wildman–Crippen LogP) is 3.78. The zero-order valence-corrected chi connectivity index (χ0v) is 11.3. The Bertz CT molecular complexity index is 831. The molecule has 3 heteroatoms. The van der Waals surface area contributed by atoms with Gasteiger partial charge in [0.25, 0.3) is 0 Å². The van der Waals surface area contributed by atoms with Crippen molar-refractivity contribution >= 4 is 11.0 Å². The summed E-state index contributed by atoms with van der Waals surface area (Å²) in [6.45, 7) is 2.01. The maximum Gasteiger partial charge on any atom is 0.344 e. The van der Waals surface area contributed by atoms with E-state index in [1.165, 1.54) is 0 Å². The summed E-state index contributed by atoms with van der Waals surface area (Å²) < 4.78 is 10.7. The molecular formula is C17H14O3. The molecule has 0 atom stereocenters. The molecule has 1 aromatic heterocycles. The Kier molecular flexibility index (Phi) is 3.03. The molecule has 3 rings (SSSR count). The van der Waals surface area contributed by atoms with Crippen molar-refractivity contribution in [1.82, 2.24) is 0 Å². The van der Waals surface area contributed by atoms with Crippen LogP contribution in [0.5, 0.6) is 5.75 Å². The Morgan fingerprint density at radius 2 is 1.80 bits per heavy atom. The number of ether oxygens (including phenoxy) is 1. The van der Waals surface area contributed by atoms with Crippen molar-refractivity contribution in [3.05, 3.63) is 64.5 Å². The zero-order valence-electron chi connectivity index (χ0n) is 11.3. The average molecular weight is 266 g/mol. The van der Waals surface area contributed by atoms with Gasteiger partial charge in [0.05, 0.1) is 12.7 Å². The quantitative estimate of drug-likeness (QED) is 0.663. The van der Waals surface area contributed by atoms with Crippen LogP contribution in [0.2, 0.25) is 0 Å². The van der Waals surface area contributed by atoms with Gasteiger partial charge in [0, 0.05) is 10.9 Å². The first kappa shape index (κ1) is 12.5. The zero-order chi connectivity index (χ0) is 14.1. The first-order valence-corrected chi connectivity index (χ1v) is 6.37. The molecule has 0 saturated carbocycles. The highest BCUT2D eigenvalue weighted by Gasteiger charge is 2.11. The van der Waals surface area contributed by atoms with Crippen molar-refractivity contribution in [3.63, 3.8) is 0 Å². The van der Waals surface area contributed by atoms with Crippen molar-refractivity contribution < 1.29 is 9.15 Å². The standard InChI is InChI=1S/C17H14O3/c1-11-7-8-15-12(9-11)10-14(17(18)20-15)13-5-3-4-6-16(13)19-2/h3-10H,1-2H3. The van der Waals surface area contributed by atoms with Crippen LogP contribution in [0.25, 0.3) is 22.1 Å². The number of benzene rings is 2. The third-order valence-electron chi connectivity index (χ3n) is 3.28. The van der Waals surface area contributed by atoms with Crippen molar-refractivity contribution in [2.75, 3.05) is 7.11 Å². The number of rotatable bonds is 2. The van der Waals surface area contributed by atoms with Crippen LogP contribution >= 0.6 is 0 Å². The molecule has 0 aliphatic heterocycles. The molecule has 100 valence electrons. The summed E-state index contributed by atoms with van der Waals surface area (Å²) in [5.41, 5.74) is 2.62. The summed E-state index contributed by atoms with van der Waals surface area (Å²) in [4.78, 5) is 12.2. The summed E-state index contributed by atoms with van der Waals surface area (Å²) in [7, 11) is 1.59. The maximum absolute atomic E-state index is 12.2. The molecule has 0 fully saturated rings. The number of aryl methyl sites for hydroxylation is 1. The minimum atomic E-state index is -0.356. The number of methoxy groups -OCH3 is 1. The Morgan fingerprint density at radius 3 is 2.60 bits per heavy atom. The molecule has 1 heterocycles. The fourth-order valence-electron chi connectivity index (χ4n) is 2.30. The van der Waals surface area contributed by atoms with Crippen LogP contribution in [0.4, 0.5) is 0 Å². The van der Waals surface area contributed by atoms with E-state index in [0.717, 1.165) is 16.5 Å². The molecule has 0 spiro atoms. The van der Waals surface area contributed by atoms with Crippen molar-refractivity contribution in [3.8, 4) is 16.9 Å². The largest absolute Gasteiger partial charge is 0.496 e. The molecule has 0 aliphatic carbocycles. The molecule has 0 radical (unpaired) electrons. The average Bonchev–Trinajstić information content (AvgIpc) is 2.47. The van der Waals surface area contributed by atoms with Crippen LogP contribution in [0.3, 0.4) is 0 Å². The molecule has 20 heavy (non-hydrogen) atoms. The molecule has 0 N–H and O–H groups in total. The number of hydrogen-bond acceptors (Lipinski definition) is 3. The van der Waals surface area contributed by atoms with Crippen LogP contribution in [0.1, 0.15) is 5.56 Å². The second-order valence-corrected chi connectivity index (χ2v) is 4.69.